The van der Waals surface area contributed by atoms with Crippen LogP contribution in [0.2, 0.25) is 0 Å². The molecule has 1 nitrogen and oxygen atoms in total. The van der Waals surface area contributed by atoms with Gasteiger partial charge in [0.05, 0.1) is 0 Å². The first kappa shape index (κ1) is 14.7. The molecular formula is C17H16BrF2N. The molecule has 21 heavy (non-hydrogen) atoms. The predicted molar refractivity (Wildman–Crippen MR) is 83.5 cm³/mol. The van der Waals surface area contributed by atoms with Gasteiger partial charge in [-0.2, -0.15) is 0 Å². The van der Waals surface area contributed by atoms with Crippen molar-refractivity contribution in [1.82, 2.24) is 5.32 Å². The first-order valence-electron chi connectivity index (χ1n) is 7.07. The van der Waals surface area contributed by atoms with Gasteiger partial charge in [0, 0.05) is 23.0 Å². The number of benzene rings is 2. The molecule has 0 aromatic heterocycles. The van der Waals surface area contributed by atoms with Gasteiger partial charge in [-0.05, 0) is 42.1 Å². The van der Waals surface area contributed by atoms with Crippen molar-refractivity contribution in [2.75, 3.05) is 13.1 Å². The number of piperidine rings is 1. The summed E-state index contributed by atoms with van der Waals surface area (Å²) < 4.78 is 28.3. The number of halogens is 3. The van der Waals surface area contributed by atoms with Crippen LogP contribution >= 0.6 is 15.9 Å². The Bertz CT molecular complexity index is 644. The number of rotatable bonds is 2. The highest BCUT2D eigenvalue weighted by atomic mass is 79.9. The maximum atomic E-state index is 14.2. The summed E-state index contributed by atoms with van der Waals surface area (Å²) in [6.07, 6.45) is 0.842. The molecular weight excluding hydrogens is 336 g/mol. The largest absolute Gasteiger partial charge is 0.316 e. The second-order valence-corrected chi connectivity index (χ2v) is 6.25. The van der Waals surface area contributed by atoms with Gasteiger partial charge in [0.1, 0.15) is 11.6 Å². The van der Waals surface area contributed by atoms with Gasteiger partial charge in [0.25, 0.3) is 0 Å². The van der Waals surface area contributed by atoms with E-state index in [2.05, 4.69) is 27.3 Å². The third kappa shape index (κ3) is 3.01. The summed E-state index contributed by atoms with van der Waals surface area (Å²) >= 11 is 3.58. The van der Waals surface area contributed by atoms with Crippen molar-refractivity contribution in [2.24, 2.45) is 0 Å². The lowest BCUT2D eigenvalue weighted by Crippen LogP contribution is -2.34. The maximum Gasteiger partial charge on any atom is 0.129 e. The van der Waals surface area contributed by atoms with E-state index in [0.717, 1.165) is 30.0 Å². The van der Waals surface area contributed by atoms with Gasteiger partial charge >= 0.3 is 0 Å². The second-order valence-electron chi connectivity index (χ2n) is 5.39. The molecule has 1 heterocycles. The first-order chi connectivity index (χ1) is 10.2. The van der Waals surface area contributed by atoms with Gasteiger partial charge in [-0.15, -0.1) is 0 Å². The fourth-order valence-corrected chi connectivity index (χ4v) is 3.71. The molecule has 2 aromatic rings. The van der Waals surface area contributed by atoms with Crippen molar-refractivity contribution in [2.45, 2.75) is 18.3 Å². The standard InChI is InChI=1S/C17H16BrF2N/c18-16-4-2-1-3-13(16)15-10-21-8-7-12(15)14-6-5-11(19)9-17(14)20/h1-6,9,12,15,21H,7-8,10H2. The van der Waals surface area contributed by atoms with Crippen molar-refractivity contribution in [1.29, 1.82) is 0 Å². The molecule has 110 valence electrons. The summed E-state index contributed by atoms with van der Waals surface area (Å²) in [5, 5.41) is 3.37. The van der Waals surface area contributed by atoms with Crippen LogP contribution in [-0.2, 0) is 0 Å². The van der Waals surface area contributed by atoms with Gasteiger partial charge in [0.2, 0.25) is 0 Å². The van der Waals surface area contributed by atoms with Crippen molar-refractivity contribution >= 4 is 15.9 Å². The van der Waals surface area contributed by atoms with Gasteiger partial charge in [0.15, 0.2) is 0 Å². The molecule has 1 saturated heterocycles. The Labute approximate surface area is 131 Å². The summed E-state index contributed by atoms with van der Waals surface area (Å²) in [6, 6.07) is 11.9. The van der Waals surface area contributed by atoms with Crippen LogP contribution in [0.25, 0.3) is 0 Å². The molecule has 0 amide bonds. The molecule has 0 bridgehead atoms. The third-order valence-electron chi connectivity index (χ3n) is 4.15. The molecule has 0 aliphatic carbocycles. The van der Waals surface area contributed by atoms with Gasteiger partial charge < -0.3 is 5.32 Å². The molecule has 2 atom stereocenters. The first-order valence-corrected chi connectivity index (χ1v) is 7.86. The number of nitrogens with one attached hydrogen (secondary N) is 1. The summed E-state index contributed by atoms with van der Waals surface area (Å²) in [5.74, 6) is -0.735. The zero-order chi connectivity index (χ0) is 14.8. The lowest BCUT2D eigenvalue weighted by atomic mass is 9.77. The average molecular weight is 352 g/mol. The van der Waals surface area contributed by atoms with E-state index in [4.69, 9.17) is 0 Å². The van der Waals surface area contributed by atoms with E-state index in [-0.39, 0.29) is 11.8 Å². The molecule has 3 rings (SSSR count). The van der Waals surface area contributed by atoms with Crippen LogP contribution in [0.1, 0.15) is 29.4 Å². The minimum atomic E-state index is -0.525. The zero-order valence-corrected chi connectivity index (χ0v) is 13.0. The Kier molecular flexibility index (Phi) is 4.36. The summed E-state index contributed by atoms with van der Waals surface area (Å²) in [4.78, 5) is 0. The van der Waals surface area contributed by atoms with Crippen LogP contribution in [0.15, 0.2) is 46.9 Å². The van der Waals surface area contributed by atoms with Crippen molar-refractivity contribution in [3.05, 3.63) is 69.7 Å². The van der Waals surface area contributed by atoms with E-state index in [1.807, 2.05) is 18.2 Å². The van der Waals surface area contributed by atoms with E-state index >= 15 is 0 Å². The van der Waals surface area contributed by atoms with E-state index in [9.17, 15) is 8.78 Å². The van der Waals surface area contributed by atoms with E-state index in [1.54, 1.807) is 6.07 Å². The van der Waals surface area contributed by atoms with E-state index in [1.165, 1.54) is 11.6 Å². The summed E-state index contributed by atoms with van der Waals surface area (Å²) in [5.41, 5.74) is 1.78. The fourth-order valence-electron chi connectivity index (χ4n) is 3.14. The number of hydrogen-bond acceptors (Lipinski definition) is 1. The molecule has 4 heteroatoms. The fraction of sp³-hybridized carbons (Fsp3) is 0.294. The molecule has 2 aromatic carbocycles. The highest BCUT2D eigenvalue weighted by Crippen LogP contribution is 2.40. The lowest BCUT2D eigenvalue weighted by Gasteiger charge is -2.33. The molecule has 0 spiro atoms. The van der Waals surface area contributed by atoms with Crippen LogP contribution < -0.4 is 5.32 Å². The SMILES string of the molecule is Fc1ccc(C2CCNCC2c2ccccc2Br)c(F)c1. The molecule has 1 N–H and O–H groups in total. The van der Waals surface area contributed by atoms with E-state index < -0.39 is 11.6 Å². The predicted octanol–water partition coefficient (Wildman–Crippen LogP) is 4.59. The van der Waals surface area contributed by atoms with Gasteiger partial charge in [-0.3, -0.25) is 0 Å². The van der Waals surface area contributed by atoms with Crippen molar-refractivity contribution < 1.29 is 8.78 Å². The molecule has 0 radical (unpaired) electrons. The topological polar surface area (TPSA) is 12.0 Å². The molecule has 1 aliphatic rings. The Balaban J connectivity index is 2.00. The van der Waals surface area contributed by atoms with Crippen molar-refractivity contribution in [3.63, 3.8) is 0 Å². The normalized spacial score (nSPS) is 22.2. The number of hydrogen-bond donors (Lipinski definition) is 1. The molecule has 2 unspecified atom stereocenters. The van der Waals surface area contributed by atoms with Crippen LogP contribution in [-0.4, -0.2) is 13.1 Å². The van der Waals surface area contributed by atoms with Crippen LogP contribution in [0.4, 0.5) is 8.78 Å². The summed E-state index contributed by atoms with van der Waals surface area (Å²) in [7, 11) is 0. The highest BCUT2D eigenvalue weighted by molar-refractivity contribution is 9.10. The second kappa shape index (κ2) is 6.24. The highest BCUT2D eigenvalue weighted by Gasteiger charge is 2.30. The lowest BCUT2D eigenvalue weighted by molar-refractivity contribution is 0.391. The molecule has 1 fully saturated rings. The van der Waals surface area contributed by atoms with Crippen LogP contribution in [0.5, 0.6) is 0 Å². The average Bonchev–Trinajstić information content (AvgIpc) is 2.48. The molecule has 1 aliphatic heterocycles. The minimum Gasteiger partial charge on any atom is -0.316 e. The maximum absolute atomic E-state index is 14.2. The minimum absolute atomic E-state index is 0.0607. The van der Waals surface area contributed by atoms with Gasteiger partial charge in [-0.1, -0.05) is 40.2 Å². The van der Waals surface area contributed by atoms with E-state index in [0.29, 0.717) is 5.56 Å². The smallest absolute Gasteiger partial charge is 0.129 e. The van der Waals surface area contributed by atoms with Crippen molar-refractivity contribution in [3.8, 4) is 0 Å². The zero-order valence-electron chi connectivity index (χ0n) is 11.5. The van der Waals surface area contributed by atoms with Crippen LogP contribution in [0.3, 0.4) is 0 Å². The van der Waals surface area contributed by atoms with Gasteiger partial charge in [-0.25, -0.2) is 8.78 Å². The molecule has 0 saturated carbocycles. The Morgan fingerprint density at radius 2 is 1.81 bits per heavy atom. The monoisotopic (exact) mass is 351 g/mol. The Morgan fingerprint density at radius 3 is 2.57 bits per heavy atom. The third-order valence-corrected chi connectivity index (χ3v) is 4.87. The Hall–Kier alpha value is -1.26. The van der Waals surface area contributed by atoms with Crippen LogP contribution in [0, 0.1) is 11.6 Å². The quantitative estimate of drug-likeness (QED) is 0.834. The summed E-state index contributed by atoms with van der Waals surface area (Å²) in [6.45, 7) is 1.65. The Morgan fingerprint density at radius 1 is 1.00 bits per heavy atom.